The molecular weight excluding hydrogens is 743 g/mol. The number of benzene rings is 10. The fourth-order valence-corrected chi connectivity index (χ4v) is 9.18. The zero-order valence-electron chi connectivity index (χ0n) is 33.1. The first-order chi connectivity index (χ1) is 30.2. The van der Waals surface area contributed by atoms with Crippen molar-refractivity contribution in [2.75, 3.05) is 4.90 Å². The normalized spacial score (nSPS) is 11.6. The van der Waals surface area contributed by atoms with Crippen LogP contribution in [0.3, 0.4) is 0 Å². The second kappa shape index (κ2) is 14.3. The molecule has 10 aromatic carbocycles. The summed E-state index contributed by atoms with van der Waals surface area (Å²) < 4.78 is 13.2. The molecule has 0 bridgehead atoms. The molecule has 0 unspecified atom stereocenters. The Morgan fingerprint density at radius 2 is 0.770 bits per heavy atom. The van der Waals surface area contributed by atoms with E-state index in [1.807, 2.05) is 18.2 Å². The standard InChI is InChI=1S/C58H37NO2/c1-2-12-41(13-3-1)49-20-9-21-50-51-22-10-23-53(58(51)61-57(49)50)59(45-36-32-42(33-37-45)47-18-8-15-40-14-4-5-16-46(40)47)44-34-30-39(31-35-44)38-26-28-43(29-27-38)48-19-11-25-55-56(48)52-17-6-7-24-54(52)60-55/h1-37H. The van der Waals surface area contributed by atoms with Crippen molar-refractivity contribution in [3.63, 3.8) is 0 Å². The van der Waals surface area contributed by atoms with Gasteiger partial charge in [-0.15, -0.1) is 0 Å². The number of anilines is 3. The van der Waals surface area contributed by atoms with Crippen LogP contribution in [0.5, 0.6) is 0 Å². The van der Waals surface area contributed by atoms with E-state index >= 15 is 0 Å². The van der Waals surface area contributed by atoms with Gasteiger partial charge in [-0.1, -0.05) is 182 Å². The van der Waals surface area contributed by atoms with Crippen molar-refractivity contribution >= 4 is 71.7 Å². The summed E-state index contributed by atoms with van der Waals surface area (Å²) in [5.74, 6) is 0. The number of fused-ring (bicyclic) bond motifs is 7. The van der Waals surface area contributed by atoms with Crippen molar-refractivity contribution in [2.24, 2.45) is 0 Å². The van der Waals surface area contributed by atoms with Crippen LogP contribution >= 0.6 is 0 Å². The van der Waals surface area contributed by atoms with Crippen LogP contribution in [0.25, 0.3) is 99.2 Å². The van der Waals surface area contributed by atoms with Crippen molar-refractivity contribution < 1.29 is 8.83 Å². The Balaban J connectivity index is 0.958. The van der Waals surface area contributed by atoms with Crippen LogP contribution in [-0.2, 0) is 0 Å². The van der Waals surface area contributed by atoms with Gasteiger partial charge < -0.3 is 13.7 Å². The van der Waals surface area contributed by atoms with Gasteiger partial charge in [0.05, 0.1) is 5.69 Å². The molecule has 2 heterocycles. The Hall–Kier alpha value is -8.14. The molecule has 0 atom stereocenters. The minimum Gasteiger partial charge on any atom is -0.456 e. The van der Waals surface area contributed by atoms with E-state index in [0.717, 1.165) is 88.8 Å². The van der Waals surface area contributed by atoms with Crippen LogP contribution in [0, 0.1) is 0 Å². The van der Waals surface area contributed by atoms with Crippen LogP contribution in [0.4, 0.5) is 17.1 Å². The molecule has 0 amide bonds. The molecule has 12 aromatic rings. The number of hydrogen-bond acceptors (Lipinski definition) is 3. The summed E-state index contributed by atoms with van der Waals surface area (Å²) in [6.45, 7) is 0. The lowest BCUT2D eigenvalue weighted by atomic mass is 9.96. The summed E-state index contributed by atoms with van der Waals surface area (Å²) >= 11 is 0. The highest BCUT2D eigenvalue weighted by Crippen LogP contribution is 2.45. The third kappa shape index (κ3) is 5.90. The first-order valence-electron chi connectivity index (χ1n) is 20.7. The van der Waals surface area contributed by atoms with E-state index < -0.39 is 0 Å². The lowest BCUT2D eigenvalue weighted by Gasteiger charge is -2.26. The maximum absolute atomic E-state index is 6.97. The zero-order chi connectivity index (χ0) is 40.3. The van der Waals surface area contributed by atoms with Crippen LogP contribution in [0.15, 0.2) is 233 Å². The molecule has 0 aliphatic carbocycles. The van der Waals surface area contributed by atoms with Gasteiger partial charge in [-0.3, -0.25) is 0 Å². The molecule has 0 aliphatic heterocycles. The van der Waals surface area contributed by atoms with Gasteiger partial charge in [-0.05, 0) is 92.2 Å². The highest BCUT2D eigenvalue weighted by Gasteiger charge is 2.21. The molecule has 3 nitrogen and oxygen atoms in total. The van der Waals surface area contributed by atoms with Gasteiger partial charge >= 0.3 is 0 Å². The average molecular weight is 780 g/mol. The molecule has 61 heavy (non-hydrogen) atoms. The Morgan fingerprint density at radius 1 is 0.279 bits per heavy atom. The molecule has 0 fully saturated rings. The third-order valence-electron chi connectivity index (χ3n) is 12.1. The first kappa shape index (κ1) is 34.9. The largest absolute Gasteiger partial charge is 0.456 e. The predicted octanol–water partition coefficient (Wildman–Crippen LogP) is 16.8. The van der Waals surface area contributed by atoms with Crippen molar-refractivity contribution in [2.45, 2.75) is 0 Å². The van der Waals surface area contributed by atoms with Crippen LogP contribution in [0.2, 0.25) is 0 Å². The van der Waals surface area contributed by atoms with E-state index in [9.17, 15) is 0 Å². The van der Waals surface area contributed by atoms with Gasteiger partial charge in [0.1, 0.15) is 16.7 Å². The van der Waals surface area contributed by atoms with Crippen molar-refractivity contribution in [1.29, 1.82) is 0 Å². The summed E-state index contributed by atoms with van der Waals surface area (Å²) in [5.41, 5.74) is 15.8. The highest BCUT2D eigenvalue weighted by molar-refractivity contribution is 6.14. The minimum atomic E-state index is 0.846. The van der Waals surface area contributed by atoms with Gasteiger partial charge in [-0.2, -0.15) is 0 Å². The lowest BCUT2D eigenvalue weighted by Crippen LogP contribution is -2.10. The molecule has 3 heteroatoms. The molecule has 0 N–H and O–H groups in total. The second-order valence-electron chi connectivity index (χ2n) is 15.6. The van der Waals surface area contributed by atoms with E-state index in [1.165, 1.54) is 27.5 Å². The molecule has 0 saturated heterocycles. The van der Waals surface area contributed by atoms with E-state index in [1.54, 1.807) is 0 Å². The molecule has 286 valence electrons. The summed E-state index contributed by atoms with van der Waals surface area (Å²) in [6, 6.07) is 79.8. The van der Waals surface area contributed by atoms with E-state index in [4.69, 9.17) is 8.83 Å². The monoisotopic (exact) mass is 779 g/mol. The Labute approximate surface area is 353 Å². The fourth-order valence-electron chi connectivity index (χ4n) is 9.18. The molecule has 0 spiro atoms. The zero-order valence-corrected chi connectivity index (χ0v) is 33.1. The van der Waals surface area contributed by atoms with Crippen molar-refractivity contribution in [1.82, 2.24) is 0 Å². The molecule has 2 aromatic heterocycles. The van der Waals surface area contributed by atoms with Crippen LogP contribution < -0.4 is 4.90 Å². The van der Waals surface area contributed by atoms with Gasteiger partial charge in [0, 0.05) is 38.5 Å². The summed E-state index contributed by atoms with van der Waals surface area (Å²) in [7, 11) is 0. The lowest BCUT2D eigenvalue weighted by molar-refractivity contribution is 0.669. The van der Waals surface area contributed by atoms with Gasteiger partial charge in [0.25, 0.3) is 0 Å². The molecular formula is C58H37NO2. The predicted molar refractivity (Wildman–Crippen MR) is 255 cm³/mol. The highest BCUT2D eigenvalue weighted by atomic mass is 16.3. The number of furan rings is 2. The van der Waals surface area contributed by atoms with Crippen LogP contribution in [-0.4, -0.2) is 0 Å². The van der Waals surface area contributed by atoms with Gasteiger partial charge in [0.2, 0.25) is 0 Å². The number of hydrogen-bond donors (Lipinski definition) is 0. The fraction of sp³-hybridized carbons (Fsp3) is 0. The Bertz CT molecular complexity index is 3560. The van der Waals surface area contributed by atoms with Crippen molar-refractivity contribution in [3.05, 3.63) is 224 Å². The first-order valence-corrected chi connectivity index (χ1v) is 20.7. The van der Waals surface area contributed by atoms with Gasteiger partial charge in [0.15, 0.2) is 5.58 Å². The topological polar surface area (TPSA) is 29.5 Å². The average Bonchev–Trinajstić information content (AvgIpc) is 3.92. The quantitative estimate of drug-likeness (QED) is 0.161. The smallest absolute Gasteiger partial charge is 0.159 e. The maximum atomic E-state index is 6.97. The Morgan fingerprint density at radius 3 is 1.56 bits per heavy atom. The summed E-state index contributed by atoms with van der Waals surface area (Å²) in [5, 5.41) is 6.94. The molecule has 12 rings (SSSR count). The minimum absolute atomic E-state index is 0.846. The van der Waals surface area contributed by atoms with E-state index in [-0.39, 0.29) is 0 Å². The summed E-state index contributed by atoms with van der Waals surface area (Å²) in [4.78, 5) is 2.32. The second-order valence-corrected chi connectivity index (χ2v) is 15.6. The third-order valence-corrected chi connectivity index (χ3v) is 12.1. The number of rotatable bonds is 7. The summed E-state index contributed by atoms with van der Waals surface area (Å²) in [6.07, 6.45) is 0. The SMILES string of the molecule is c1ccc(-c2cccc3c2oc2c(N(c4ccc(-c5ccc(-c6cccc7oc8ccccc8c67)cc5)cc4)c4ccc(-c5cccc6ccccc56)cc4)cccc23)cc1. The van der Waals surface area contributed by atoms with E-state index in [0.29, 0.717) is 0 Å². The number of nitrogens with zero attached hydrogens (tertiary/aromatic N) is 1. The Kier molecular flexibility index (Phi) is 8.17. The van der Waals surface area contributed by atoms with Gasteiger partial charge in [-0.25, -0.2) is 0 Å². The molecule has 0 saturated carbocycles. The maximum Gasteiger partial charge on any atom is 0.159 e. The molecule has 0 aliphatic rings. The number of para-hydroxylation sites is 3. The van der Waals surface area contributed by atoms with Crippen molar-refractivity contribution in [3.8, 4) is 44.5 Å². The molecule has 0 radical (unpaired) electrons. The van der Waals surface area contributed by atoms with E-state index in [2.05, 4.69) is 211 Å². The van der Waals surface area contributed by atoms with Crippen LogP contribution in [0.1, 0.15) is 0 Å².